The Hall–Kier alpha value is -0.930. The van der Waals surface area contributed by atoms with E-state index in [-0.39, 0.29) is 0 Å². The maximum absolute atomic E-state index is 4.33. The van der Waals surface area contributed by atoms with E-state index in [1.807, 2.05) is 40.8 Å². The first kappa shape index (κ1) is 18.1. The summed E-state index contributed by atoms with van der Waals surface area (Å²) in [6.45, 7) is 15.7. The topological polar surface area (TPSA) is 28.2 Å². The van der Waals surface area contributed by atoms with E-state index in [9.17, 15) is 0 Å². The zero-order chi connectivity index (χ0) is 14.5. The van der Waals surface area contributed by atoms with Crippen LogP contribution < -0.4 is 5.32 Å². The fourth-order valence-corrected chi connectivity index (χ4v) is 1.91. The van der Waals surface area contributed by atoms with Crippen molar-refractivity contribution in [3.63, 3.8) is 0 Å². The number of nitrogens with one attached hydrogen (secondary N) is 1. The summed E-state index contributed by atoms with van der Waals surface area (Å²) in [7, 11) is 0. The minimum Gasteiger partial charge on any atom is -0.315 e. The fourth-order valence-electron chi connectivity index (χ4n) is 1.91. The smallest absolute Gasteiger partial charge is 0.0372 e. The van der Waals surface area contributed by atoms with Crippen LogP contribution in [0.1, 0.15) is 45.4 Å². The van der Waals surface area contributed by atoms with E-state index in [4.69, 9.17) is 0 Å². The first-order valence-corrected chi connectivity index (χ1v) is 7.69. The zero-order valence-electron chi connectivity index (χ0n) is 13.4. The van der Waals surface area contributed by atoms with Crippen LogP contribution in [-0.2, 0) is 6.54 Å². The summed E-state index contributed by atoms with van der Waals surface area (Å²) in [6, 6.07) is 4.27. The Balaban J connectivity index is 0.000000741. The van der Waals surface area contributed by atoms with Crippen molar-refractivity contribution in [1.29, 1.82) is 0 Å². The number of rotatable bonds is 2. The second-order valence-electron chi connectivity index (χ2n) is 4.19. The Bertz CT molecular complexity index is 287. The average Bonchev–Trinajstić information content (AvgIpc) is 2.74. The molecule has 0 saturated carbocycles. The molecule has 0 atom stereocenters. The summed E-state index contributed by atoms with van der Waals surface area (Å²) in [6.07, 6.45) is 3.24. The van der Waals surface area contributed by atoms with Crippen molar-refractivity contribution >= 4 is 0 Å². The molecule has 0 amide bonds. The molecule has 0 aliphatic carbocycles. The van der Waals surface area contributed by atoms with Gasteiger partial charge < -0.3 is 5.32 Å². The zero-order valence-corrected chi connectivity index (χ0v) is 13.4. The molecule has 0 aromatic carbocycles. The molecule has 1 aliphatic heterocycles. The predicted octanol–water partition coefficient (Wildman–Crippen LogP) is 3.24. The van der Waals surface area contributed by atoms with Crippen molar-refractivity contribution in [2.75, 3.05) is 26.2 Å². The highest BCUT2D eigenvalue weighted by molar-refractivity contribution is 5.12. The monoisotopic (exact) mass is 265 g/mol. The van der Waals surface area contributed by atoms with Gasteiger partial charge in [0.2, 0.25) is 0 Å². The maximum atomic E-state index is 4.33. The third kappa shape index (κ3) is 7.96. The maximum Gasteiger partial charge on any atom is 0.0372 e. The van der Waals surface area contributed by atoms with Crippen LogP contribution in [0.4, 0.5) is 0 Å². The van der Waals surface area contributed by atoms with Gasteiger partial charge in [-0.05, 0) is 38.1 Å². The molecule has 0 bridgehead atoms. The average molecular weight is 265 g/mol. The van der Waals surface area contributed by atoms with Gasteiger partial charge in [0.25, 0.3) is 0 Å². The van der Waals surface area contributed by atoms with Crippen molar-refractivity contribution in [2.45, 2.75) is 47.6 Å². The second-order valence-corrected chi connectivity index (χ2v) is 4.19. The van der Waals surface area contributed by atoms with E-state index in [0.29, 0.717) is 0 Å². The molecule has 2 heterocycles. The Kier molecular flexibility index (Phi) is 11.5. The molecule has 3 heteroatoms. The van der Waals surface area contributed by atoms with E-state index in [1.54, 1.807) is 0 Å². The molecule has 19 heavy (non-hydrogen) atoms. The van der Waals surface area contributed by atoms with Crippen LogP contribution in [0.5, 0.6) is 0 Å². The van der Waals surface area contributed by atoms with Crippen molar-refractivity contribution in [2.24, 2.45) is 0 Å². The minimum absolute atomic E-state index is 1.04. The molecule has 0 unspecified atom stereocenters. The summed E-state index contributed by atoms with van der Waals surface area (Å²) < 4.78 is 0. The summed E-state index contributed by atoms with van der Waals surface area (Å²) in [5.41, 5.74) is 2.42. The van der Waals surface area contributed by atoms with Crippen LogP contribution in [0.2, 0.25) is 0 Å². The minimum atomic E-state index is 1.04. The first-order valence-electron chi connectivity index (χ1n) is 7.69. The summed E-state index contributed by atoms with van der Waals surface area (Å²) in [4.78, 5) is 6.82. The van der Waals surface area contributed by atoms with Crippen LogP contribution in [0.15, 0.2) is 18.3 Å². The quantitative estimate of drug-likeness (QED) is 0.890. The lowest BCUT2D eigenvalue weighted by atomic mass is 10.2. The van der Waals surface area contributed by atoms with Gasteiger partial charge in [-0.15, -0.1) is 0 Å². The number of hydrogen-bond donors (Lipinski definition) is 1. The predicted molar refractivity (Wildman–Crippen MR) is 84.4 cm³/mol. The summed E-state index contributed by atoms with van der Waals surface area (Å²) >= 11 is 0. The molecule has 1 fully saturated rings. The van der Waals surface area contributed by atoms with Gasteiger partial charge in [-0.25, -0.2) is 0 Å². The van der Waals surface area contributed by atoms with Gasteiger partial charge in [0.05, 0.1) is 0 Å². The number of aryl methyl sites for hydroxylation is 1. The van der Waals surface area contributed by atoms with E-state index >= 15 is 0 Å². The molecule has 1 saturated heterocycles. The molecule has 2 rings (SSSR count). The first-order chi connectivity index (χ1) is 9.34. The third-order valence-corrected chi connectivity index (χ3v) is 2.81. The van der Waals surface area contributed by atoms with Gasteiger partial charge in [0.1, 0.15) is 0 Å². The lowest BCUT2D eigenvalue weighted by molar-refractivity contribution is 0.284. The van der Waals surface area contributed by atoms with Gasteiger partial charge in [-0.2, -0.15) is 0 Å². The molecule has 1 aromatic rings. The Morgan fingerprint density at radius 2 is 1.84 bits per heavy atom. The Morgan fingerprint density at radius 1 is 1.11 bits per heavy atom. The largest absolute Gasteiger partial charge is 0.315 e. The standard InChI is InChI=1S/C12H19N3.2C2H6/c1-11-3-4-12(9-14-11)10-15-7-2-5-13-6-8-15;2*1-2/h3-4,9,13H,2,5-8,10H2,1H3;2*1-2H3. The Morgan fingerprint density at radius 3 is 2.47 bits per heavy atom. The van der Waals surface area contributed by atoms with E-state index < -0.39 is 0 Å². The number of nitrogens with zero attached hydrogens (tertiary/aromatic N) is 2. The molecule has 0 spiro atoms. The van der Waals surface area contributed by atoms with Crippen molar-refractivity contribution in [3.05, 3.63) is 29.6 Å². The molecule has 0 radical (unpaired) electrons. The van der Waals surface area contributed by atoms with E-state index in [2.05, 4.69) is 27.3 Å². The van der Waals surface area contributed by atoms with Crippen molar-refractivity contribution in [1.82, 2.24) is 15.2 Å². The summed E-state index contributed by atoms with van der Waals surface area (Å²) in [5, 5.41) is 3.41. The van der Waals surface area contributed by atoms with Crippen LogP contribution >= 0.6 is 0 Å². The molecular formula is C16H31N3. The molecule has 1 aliphatic rings. The van der Waals surface area contributed by atoms with E-state index in [1.165, 1.54) is 18.5 Å². The van der Waals surface area contributed by atoms with Crippen LogP contribution in [0.25, 0.3) is 0 Å². The highest BCUT2D eigenvalue weighted by Crippen LogP contribution is 2.05. The normalized spacial score (nSPS) is 15.4. The number of pyridine rings is 1. The number of aromatic nitrogens is 1. The highest BCUT2D eigenvalue weighted by atomic mass is 15.1. The fraction of sp³-hybridized carbons (Fsp3) is 0.688. The molecule has 1 aromatic heterocycles. The van der Waals surface area contributed by atoms with Crippen molar-refractivity contribution in [3.8, 4) is 0 Å². The van der Waals surface area contributed by atoms with Crippen LogP contribution in [0.3, 0.4) is 0 Å². The molecule has 110 valence electrons. The third-order valence-electron chi connectivity index (χ3n) is 2.81. The van der Waals surface area contributed by atoms with Crippen LogP contribution in [-0.4, -0.2) is 36.1 Å². The lowest BCUT2D eigenvalue weighted by Crippen LogP contribution is -2.27. The van der Waals surface area contributed by atoms with Gasteiger partial charge in [-0.3, -0.25) is 9.88 Å². The Labute approximate surface area is 119 Å². The van der Waals surface area contributed by atoms with Gasteiger partial charge in [0, 0.05) is 31.5 Å². The van der Waals surface area contributed by atoms with Crippen LogP contribution in [0, 0.1) is 6.92 Å². The van der Waals surface area contributed by atoms with E-state index in [0.717, 1.165) is 31.9 Å². The molecular weight excluding hydrogens is 234 g/mol. The molecule has 1 N–H and O–H groups in total. The van der Waals surface area contributed by atoms with Crippen molar-refractivity contribution < 1.29 is 0 Å². The lowest BCUT2D eigenvalue weighted by Gasteiger charge is -2.19. The molecule has 3 nitrogen and oxygen atoms in total. The second kappa shape index (κ2) is 12.1. The SMILES string of the molecule is CC.CC.Cc1ccc(CN2CCCNCC2)cn1. The van der Waals surface area contributed by atoms with Gasteiger partial charge in [0.15, 0.2) is 0 Å². The number of hydrogen-bond acceptors (Lipinski definition) is 3. The highest BCUT2D eigenvalue weighted by Gasteiger charge is 2.08. The van der Waals surface area contributed by atoms with Gasteiger partial charge in [-0.1, -0.05) is 33.8 Å². The van der Waals surface area contributed by atoms with Gasteiger partial charge >= 0.3 is 0 Å². The summed E-state index contributed by atoms with van der Waals surface area (Å²) in [5.74, 6) is 0.